The lowest BCUT2D eigenvalue weighted by atomic mass is 10.0. The summed E-state index contributed by atoms with van der Waals surface area (Å²) in [6.07, 6.45) is 0.841. The fourth-order valence-corrected chi connectivity index (χ4v) is 2.08. The summed E-state index contributed by atoms with van der Waals surface area (Å²) in [5.41, 5.74) is 0.804. The van der Waals surface area contributed by atoms with E-state index in [0.29, 0.717) is 0 Å². The number of benzene rings is 1. The van der Waals surface area contributed by atoms with Crippen LogP contribution in [0.3, 0.4) is 0 Å². The van der Waals surface area contributed by atoms with Crippen molar-refractivity contribution in [3.05, 3.63) is 53.2 Å². The molecule has 0 bridgehead atoms. The van der Waals surface area contributed by atoms with Crippen LogP contribution in [-0.2, 0) is 6.42 Å². The van der Waals surface area contributed by atoms with E-state index in [1.807, 2.05) is 32.2 Å². The maximum absolute atomic E-state index is 13.8. The highest BCUT2D eigenvalue weighted by Crippen LogP contribution is 2.27. The van der Waals surface area contributed by atoms with Crippen LogP contribution in [-0.4, -0.2) is 14.2 Å². The smallest absolute Gasteiger partial charge is 0.165 e. The van der Waals surface area contributed by atoms with E-state index in [4.69, 9.17) is 9.15 Å². The van der Waals surface area contributed by atoms with E-state index in [0.717, 1.165) is 23.5 Å². The zero-order chi connectivity index (χ0) is 13.8. The van der Waals surface area contributed by atoms with Gasteiger partial charge in [-0.2, -0.15) is 0 Å². The van der Waals surface area contributed by atoms with Gasteiger partial charge in [-0.3, -0.25) is 0 Å². The molecule has 0 saturated heterocycles. The number of hydrogen-bond acceptors (Lipinski definition) is 3. The molecule has 2 aromatic rings. The minimum absolute atomic E-state index is 0.166. The Morgan fingerprint density at radius 3 is 2.63 bits per heavy atom. The molecule has 0 fully saturated rings. The summed E-state index contributed by atoms with van der Waals surface area (Å²) in [5.74, 6) is 1.57. The van der Waals surface area contributed by atoms with Gasteiger partial charge in [0.15, 0.2) is 11.6 Å². The zero-order valence-electron chi connectivity index (χ0n) is 11.4. The molecule has 1 unspecified atom stereocenters. The second kappa shape index (κ2) is 5.89. The van der Waals surface area contributed by atoms with Gasteiger partial charge in [-0.1, -0.05) is 13.0 Å². The molecule has 0 amide bonds. The average Bonchev–Trinajstić information content (AvgIpc) is 2.88. The molecule has 1 N–H and O–H groups in total. The van der Waals surface area contributed by atoms with Gasteiger partial charge in [0.25, 0.3) is 0 Å². The van der Waals surface area contributed by atoms with Gasteiger partial charge in [-0.25, -0.2) is 4.39 Å². The Hall–Kier alpha value is -1.81. The van der Waals surface area contributed by atoms with Crippen molar-refractivity contribution < 1.29 is 13.5 Å². The highest BCUT2D eigenvalue weighted by atomic mass is 19.1. The molecule has 0 aliphatic carbocycles. The van der Waals surface area contributed by atoms with Crippen LogP contribution in [0.5, 0.6) is 5.75 Å². The summed E-state index contributed by atoms with van der Waals surface area (Å²) in [5, 5.41) is 3.14. The van der Waals surface area contributed by atoms with Crippen LogP contribution in [0.15, 0.2) is 34.7 Å². The molecule has 0 spiro atoms. The van der Waals surface area contributed by atoms with Crippen LogP contribution in [0.4, 0.5) is 4.39 Å². The molecule has 1 heterocycles. The van der Waals surface area contributed by atoms with Crippen molar-refractivity contribution in [3.63, 3.8) is 0 Å². The van der Waals surface area contributed by atoms with E-state index in [-0.39, 0.29) is 17.6 Å². The molecule has 0 saturated carbocycles. The largest absolute Gasteiger partial charge is 0.494 e. The predicted molar refractivity (Wildman–Crippen MR) is 71.9 cm³/mol. The Kier molecular flexibility index (Phi) is 4.22. The van der Waals surface area contributed by atoms with Gasteiger partial charge in [-0.05, 0) is 36.9 Å². The first kappa shape index (κ1) is 13.6. The lowest BCUT2D eigenvalue weighted by molar-refractivity contribution is 0.385. The van der Waals surface area contributed by atoms with Crippen LogP contribution >= 0.6 is 0 Å². The highest BCUT2D eigenvalue weighted by molar-refractivity contribution is 5.34. The summed E-state index contributed by atoms with van der Waals surface area (Å²) >= 11 is 0. The molecule has 102 valence electrons. The van der Waals surface area contributed by atoms with E-state index >= 15 is 0 Å². The van der Waals surface area contributed by atoms with Crippen molar-refractivity contribution in [2.45, 2.75) is 19.4 Å². The lowest BCUT2D eigenvalue weighted by Gasteiger charge is -2.15. The first-order valence-electron chi connectivity index (χ1n) is 6.29. The molecule has 4 heteroatoms. The molecule has 3 nitrogen and oxygen atoms in total. The summed E-state index contributed by atoms with van der Waals surface area (Å²) in [6, 6.07) is 8.62. The summed E-state index contributed by atoms with van der Waals surface area (Å²) in [7, 11) is 3.27. The topological polar surface area (TPSA) is 34.4 Å². The van der Waals surface area contributed by atoms with Crippen LogP contribution in [0.2, 0.25) is 0 Å². The maximum Gasteiger partial charge on any atom is 0.165 e. The fourth-order valence-electron chi connectivity index (χ4n) is 2.08. The first-order chi connectivity index (χ1) is 9.19. The van der Waals surface area contributed by atoms with Gasteiger partial charge in [0, 0.05) is 6.42 Å². The van der Waals surface area contributed by atoms with Gasteiger partial charge in [-0.15, -0.1) is 0 Å². The molecule has 1 aromatic heterocycles. The highest BCUT2D eigenvalue weighted by Gasteiger charge is 2.17. The van der Waals surface area contributed by atoms with Crippen molar-refractivity contribution in [1.82, 2.24) is 5.32 Å². The van der Waals surface area contributed by atoms with Crippen LogP contribution in [0.25, 0.3) is 0 Å². The van der Waals surface area contributed by atoms with Crippen LogP contribution in [0.1, 0.15) is 30.0 Å². The third-order valence-electron chi connectivity index (χ3n) is 3.11. The number of halogens is 1. The van der Waals surface area contributed by atoms with Crippen molar-refractivity contribution >= 4 is 0 Å². The molecule has 1 aromatic carbocycles. The van der Waals surface area contributed by atoms with Crippen LogP contribution in [0, 0.1) is 5.82 Å². The van der Waals surface area contributed by atoms with Gasteiger partial charge in [0.1, 0.15) is 11.5 Å². The number of furan rings is 1. The normalized spacial score (nSPS) is 12.4. The van der Waals surface area contributed by atoms with Gasteiger partial charge < -0.3 is 14.5 Å². The SMILES string of the molecule is CCc1ccc(C(NC)c2ccc(OC)c(F)c2)o1. The number of hydrogen-bond donors (Lipinski definition) is 1. The minimum atomic E-state index is -0.373. The van der Waals surface area contributed by atoms with Crippen molar-refractivity contribution in [3.8, 4) is 5.75 Å². The van der Waals surface area contributed by atoms with E-state index in [1.54, 1.807) is 6.07 Å². The third-order valence-corrected chi connectivity index (χ3v) is 3.11. The fraction of sp³-hybridized carbons (Fsp3) is 0.333. The summed E-state index contributed by atoms with van der Waals surface area (Å²) in [4.78, 5) is 0. The molecule has 0 aliphatic heterocycles. The van der Waals surface area contributed by atoms with Crippen molar-refractivity contribution in [2.24, 2.45) is 0 Å². The van der Waals surface area contributed by atoms with Crippen molar-refractivity contribution in [2.75, 3.05) is 14.2 Å². The minimum Gasteiger partial charge on any atom is -0.494 e. The van der Waals surface area contributed by atoms with Gasteiger partial charge in [0.2, 0.25) is 0 Å². The monoisotopic (exact) mass is 263 g/mol. The lowest BCUT2D eigenvalue weighted by Crippen LogP contribution is -2.17. The molecule has 0 aliphatic rings. The van der Waals surface area contributed by atoms with E-state index in [9.17, 15) is 4.39 Å². The Balaban J connectivity index is 2.33. The van der Waals surface area contributed by atoms with E-state index in [2.05, 4.69) is 5.32 Å². The molecule has 2 rings (SSSR count). The van der Waals surface area contributed by atoms with E-state index in [1.165, 1.54) is 13.2 Å². The summed E-state index contributed by atoms with van der Waals surface area (Å²) < 4.78 is 24.4. The molecule has 0 radical (unpaired) electrons. The quantitative estimate of drug-likeness (QED) is 0.898. The second-order valence-electron chi connectivity index (χ2n) is 4.27. The number of nitrogens with one attached hydrogen (secondary N) is 1. The van der Waals surface area contributed by atoms with Gasteiger partial charge in [0.05, 0.1) is 13.2 Å². The van der Waals surface area contributed by atoms with Gasteiger partial charge >= 0.3 is 0 Å². The predicted octanol–water partition coefficient (Wildman–Crippen LogP) is 3.30. The first-order valence-corrected chi connectivity index (χ1v) is 6.29. The maximum atomic E-state index is 13.8. The Morgan fingerprint density at radius 1 is 1.32 bits per heavy atom. The van der Waals surface area contributed by atoms with E-state index < -0.39 is 0 Å². The number of aryl methyl sites for hydroxylation is 1. The third kappa shape index (κ3) is 2.79. The molecule has 19 heavy (non-hydrogen) atoms. The molecule has 1 atom stereocenters. The summed E-state index contributed by atoms with van der Waals surface area (Å²) in [6.45, 7) is 2.03. The zero-order valence-corrected chi connectivity index (χ0v) is 11.4. The Bertz CT molecular complexity index is 551. The van der Waals surface area contributed by atoms with Crippen molar-refractivity contribution in [1.29, 1.82) is 0 Å². The number of rotatable bonds is 5. The standard InChI is InChI=1S/C15H18FNO2/c1-4-11-6-8-14(19-11)15(17-2)10-5-7-13(18-3)12(16)9-10/h5-9,15,17H,4H2,1-3H3. The Labute approximate surface area is 112 Å². The molecular weight excluding hydrogens is 245 g/mol. The Morgan fingerprint density at radius 2 is 2.11 bits per heavy atom. The number of methoxy groups -OCH3 is 1. The number of ether oxygens (including phenoxy) is 1. The van der Waals surface area contributed by atoms with Crippen LogP contribution < -0.4 is 10.1 Å². The second-order valence-corrected chi connectivity index (χ2v) is 4.27. The average molecular weight is 263 g/mol. The molecular formula is C15H18FNO2.